The summed E-state index contributed by atoms with van der Waals surface area (Å²) in [4.78, 5) is 27.8. The lowest BCUT2D eigenvalue weighted by atomic mass is 9.86. The van der Waals surface area contributed by atoms with Gasteiger partial charge in [-0.15, -0.1) is 0 Å². The third-order valence-electron chi connectivity index (χ3n) is 5.79. The van der Waals surface area contributed by atoms with Crippen LogP contribution in [-0.4, -0.2) is 44.9 Å². The molecule has 0 radical (unpaired) electrons. The number of amides is 2. The highest BCUT2D eigenvalue weighted by molar-refractivity contribution is 5.94. The zero-order chi connectivity index (χ0) is 20.8. The van der Waals surface area contributed by atoms with E-state index in [0.29, 0.717) is 50.3 Å². The van der Waals surface area contributed by atoms with E-state index in [1.54, 1.807) is 15.9 Å². The molecule has 2 amide bonds. The number of aromatic amines is 1. The van der Waals surface area contributed by atoms with Gasteiger partial charge in [0.25, 0.3) is 5.91 Å². The number of piperidine rings is 1. The summed E-state index contributed by atoms with van der Waals surface area (Å²) < 4.78 is 39.9. The fourth-order valence-corrected chi connectivity index (χ4v) is 4.19. The minimum atomic E-state index is -4.39. The summed E-state index contributed by atoms with van der Waals surface area (Å²) in [6, 6.07) is 5.66. The van der Waals surface area contributed by atoms with Gasteiger partial charge in [0, 0.05) is 25.6 Å². The number of hydrogen-bond donors (Lipinski definition) is 1. The van der Waals surface area contributed by atoms with Gasteiger partial charge in [-0.05, 0) is 30.4 Å². The third kappa shape index (κ3) is 3.61. The molecule has 0 spiro atoms. The van der Waals surface area contributed by atoms with Crippen molar-refractivity contribution in [2.24, 2.45) is 0 Å². The van der Waals surface area contributed by atoms with Crippen LogP contribution >= 0.6 is 0 Å². The number of carbonyl (C=O) groups excluding carboxylic acids is 2. The zero-order valence-electron chi connectivity index (χ0n) is 15.9. The van der Waals surface area contributed by atoms with Crippen LogP contribution in [0.1, 0.15) is 58.6 Å². The molecule has 2 aliphatic rings. The van der Waals surface area contributed by atoms with Crippen LogP contribution in [0, 0.1) is 0 Å². The van der Waals surface area contributed by atoms with Gasteiger partial charge in [-0.2, -0.15) is 18.3 Å². The van der Waals surface area contributed by atoms with Crippen LogP contribution in [0.4, 0.5) is 13.2 Å². The number of aromatic nitrogens is 2. The van der Waals surface area contributed by atoms with Crippen LogP contribution in [0.15, 0.2) is 24.3 Å². The van der Waals surface area contributed by atoms with Crippen molar-refractivity contribution in [2.75, 3.05) is 13.1 Å². The highest BCUT2D eigenvalue weighted by atomic mass is 19.4. The fraction of sp³-hybridized carbons (Fsp3) is 0.450. The number of nitrogens with zero attached hydrogens (tertiary/aromatic N) is 3. The van der Waals surface area contributed by atoms with E-state index in [9.17, 15) is 22.8 Å². The molecule has 29 heavy (non-hydrogen) atoms. The number of rotatable bonds is 2. The topological polar surface area (TPSA) is 69.3 Å². The Kier molecular flexibility index (Phi) is 4.84. The summed E-state index contributed by atoms with van der Waals surface area (Å²) in [6.45, 7) is 2.96. The summed E-state index contributed by atoms with van der Waals surface area (Å²) >= 11 is 0. The van der Waals surface area contributed by atoms with Crippen LogP contribution in [0.2, 0.25) is 0 Å². The summed E-state index contributed by atoms with van der Waals surface area (Å²) in [5.41, 5.74) is 1.49. The molecule has 0 saturated carbocycles. The fourth-order valence-electron chi connectivity index (χ4n) is 4.19. The van der Waals surface area contributed by atoms with Crippen molar-refractivity contribution in [1.29, 1.82) is 0 Å². The molecule has 0 unspecified atom stereocenters. The molecule has 0 aliphatic carbocycles. The Labute approximate surface area is 165 Å². The Hall–Kier alpha value is -2.84. The molecular weight excluding hydrogens is 385 g/mol. The van der Waals surface area contributed by atoms with Gasteiger partial charge in [0.05, 0.1) is 24.3 Å². The van der Waals surface area contributed by atoms with E-state index in [4.69, 9.17) is 0 Å². The van der Waals surface area contributed by atoms with Crippen LogP contribution in [0.3, 0.4) is 0 Å². The largest absolute Gasteiger partial charge is 0.416 e. The minimum Gasteiger partial charge on any atom is -0.337 e. The molecule has 1 saturated heterocycles. The predicted octanol–water partition coefficient (Wildman–Crippen LogP) is 3.31. The first kappa shape index (κ1) is 19.5. The van der Waals surface area contributed by atoms with E-state index in [-0.39, 0.29) is 17.7 Å². The maximum absolute atomic E-state index is 13.3. The van der Waals surface area contributed by atoms with Crippen molar-refractivity contribution in [3.63, 3.8) is 0 Å². The number of alkyl halides is 3. The Bertz CT molecular complexity index is 945. The van der Waals surface area contributed by atoms with Gasteiger partial charge in [-0.3, -0.25) is 14.7 Å². The maximum atomic E-state index is 13.3. The van der Waals surface area contributed by atoms with Gasteiger partial charge in [0.2, 0.25) is 5.91 Å². The molecule has 9 heteroatoms. The Balaban J connectivity index is 1.46. The lowest BCUT2D eigenvalue weighted by molar-refractivity contribution is -0.138. The molecule has 1 aromatic carbocycles. The molecule has 4 rings (SSSR count). The van der Waals surface area contributed by atoms with Crippen LogP contribution < -0.4 is 0 Å². The number of likely N-dealkylation sites (tertiary alicyclic amines) is 1. The molecular formula is C20H21F3N4O2. The monoisotopic (exact) mass is 406 g/mol. The number of hydrogen-bond acceptors (Lipinski definition) is 3. The average Bonchev–Trinajstić information content (AvgIpc) is 3.28. The van der Waals surface area contributed by atoms with Crippen molar-refractivity contribution >= 4 is 11.8 Å². The summed E-state index contributed by atoms with van der Waals surface area (Å²) in [6.07, 6.45) is -3.46. The number of benzene rings is 1. The second-order valence-corrected chi connectivity index (χ2v) is 7.56. The first-order chi connectivity index (χ1) is 13.8. The van der Waals surface area contributed by atoms with Gasteiger partial charge in [0.15, 0.2) is 5.69 Å². The average molecular weight is 406 g/mol. The Morgan fingerprint density at radius 1 is 1.10 bits per heavy atom. The standard InChI is InChI=1S/C20H21F3N4O2/c1-12(28)27-10-15-17(11-27)24-25-18(15)19(29)26-8-6-13(7-9-26)14-4-2-3-5-16(14)20(21,22)23/h2-5,13H,6-11H2,1H3,(H,24,25). The number of fused-ring (bicyclic) bond motifs is 1. The quantitative estimate of drug-likeness (QED) is 0.832. The molecule has 1 fully saturated rings. The molecule has 0 atom stereocenters. The molecule has 3 heterocycles. The van der Waals surface area contributed by atoms with E-state index in [0.717, 1.165) is 17.3 Å². The number of halogens is 3. The Morgan fingerprint density at radius 3 is 2.45 bits per heavy atom. The highest BCUT2D eigenvalue weighted by Crippen LogP contribution is 2.39. The van der Waals surface area contributed by atoms with Gasteiger partial charge in [-0.1, -0.05) is 18.2 Å². The van der Waals surface area contributed by atoms with Crippen molar-refractivity contribution in [3.05, 3.63) is 52.3 Å². The van der Waals surface area contributed by atoms with Crippen LogP contribution in [0.25, 0.3) is 0 Å². The summed E-state index contributed by atoms with van der Waals surface area (Å²) in [5.74, 6) is -0.553. The number of nitrogens with one attached hydrogen (secondary N) is 1. The molecule has 6 nitrogen and oxygen atoms in total. The number of carbonyl (C=O) groups is 2. The SMILES string of the molecule is CC(=O)N1Cc2[nH]nc(C(=O)N3CCC(c4ccccc4C(F)(F)F)CC3)c2C1. The van der Waals surface area contributed by atoms with Gasteiger partial charge in [0.1, 0.15) is 0 Å². The van der Waals surface area contributed by atoms with Crippen molar-refractivity contribution < 1.29 is 22.8 Å². The Morgan fingerprint density at radius 2 is 1.79 bits per heavy atom. The normalized spacial score (nSPS) is 17.5. The van der Waals surface area contributed by atoms with E-state index >= 15 is 0 Å². The van der Waals surface area contributed by atoms with Gasteiger partial charge < -0.3 is 9.80 Å². The molecule has 154 valence electrons. The first-order valence-electron chi connectivity index (χ1n) is 9.52. The molecule has 2 aromatic rings. The highest BCUT2D eigenvalue weighted by Gasteiger charge is 2.37. The van der Waals surface area contributed by atoms with E-state index in [1.807, 2.05) is 0 Å². The maximum Gasteiger partial charge on any atom is 0.416 e. The molecule has 1 N–H and O–H groups in total. The van der Waals surface area contributed by atoms with Crippen molar-refractivity contribution in [2.45, 2.75) is 44.9 Å². The second kappa shape index (κ2) is 7.20. The van der Waals surface area contributed by atoms with E-state index in [2.05, 4.69) is 10.2 Å². The second-order valence-electron chi connectivity index (χ2n) is 7.56. The summed E-state index contributed by atoms with van der Waals surface area (Å²) in [5, 5.41) is 6.96. The van der Waals surface area contributed by atoms with Crippen molar-refractivity contribution in [1.82, 2.24) is 20.0 Å². The molecule has 0 bridgehead atoms. The minimum absolute atomic E-state index is 0.0721. The van der Waals surface area contributed by atoms with Gasteiger partial charge in [-0.25, -0.2) is 0 Å². The lowest BCUT2D eigenvalue weighted by Crippen LogP contribution is -2.39. The smallest absolute Gasteiger partial charge is 0.337 e. The third-order valence-corrected chi connectivity index (χ3v) is 5.79. The van der Waals surface area contributed by atoms with Gasteiger partial charge >= 0.3 is 6.18 Å². The first-order valence-corrected chi connectivity index (χ1v) is 9.52. The van der Waals surface area contributed by atoms with Crippen LogP contribution in [0.5, 0.6) is 0 Å². The van der Waals surface area contributed by atoms with Crippen LogP contribution in [-0.2, 0) is 24.1 Å². The van der Waals surface area contributed by atoms with E-state index < -0.39 is 11.7 Å². The lowest BCUT2D eigenvalue weighted by Gasteiger charge is -2.33. The molecule has 1 aromatic heterocycles. The van der Waals surface area contributed by atoms with E-state index in [1.165, 1.54) is 19.1 Å². The van der Waals surface area contributed by atoms with Crippen molar-refractivity contribution in [3.8, 4) is 0 Å². The zero-order valence-corrected chi connectivity index (χ0v) is 15.9. The molecule has 2 aliphatic heterocycles. The predicted molar refractivity (Wildman–Crippen MR) is 97.8 cm³/mol. The number of H-pyrrole nitrogens is 1. The summed E-state index contributed by atoms with van der Waals surface area (Å²) in [7, 11) is 0.